The van der Waals surface area contributed by atoms with Crippen LogP contribution < -0.4 is 10.1 Å². The van der Waals surface area contributed by atoms with E-state index >= 15 is 0 Å². The Hall–Kier alpha value is -3.61. The fourth-order valence-corrected chi connectivity index (χ4v) is 2.77. The van der Waals surface area contributed by atoms with Crippen LogP contribution in [0.25, 0.3) is 6.08 Å². The lowest BCUT2D eigenvalue weighted by molar-refractivity contribution is -0.130. The normalized spacial score (nSPS) is 10.5. The molecule has 0 spiro atoms. The Morgan fingerprint density at radius 1 is 1.03 bits per heavy atom. The van der Waals surface area contributed by atoms with Crippen molar-refractivity contribution >= 4 is 29.5 Å². The highest BCUT2D eigenvalue weighted by Crippen LogP contribution is 2.22. The molecular weight excluding hydrogens is 384 g/mol. The largest absolute Gasteiger partial charge is 0.495 e. The fraction of sp³-hybridized carbons (Fsp3) is 0.261. The van der Waals surface area contributed by atoms with Crippen LogP contribution in [0.3, 0.4) is 0 Å². The molecule has 0 saturated heterocycles. The number of methoxy groups -OCH3 is 2. The second-order valence-electron chi connectivity index (χ2n) is 6.46. The van der Waals surface area contributed by atoms with Crippen molar-refractivity contribution in [2.24, 2.45) is 0 Å². The van der Waals surface area contributed by atoms with Gasteiger partial charge >= 0.3 is 5.97 Å². The maximum Gasteiger partial charge on any atom is 0.337 e. The molecule has 2 amide bonds. The predicted molar refractivity (Wildman–Crippen MR) is 115 cm³/mol. The molecule has 0 aliphatic heterocycles. The van der Waals surface area contributed by atoms with Gasteiger partial charge in [-0.25, -0.2) is 4.79 Å². The number of amides is 2. The average molecular weight is 410 g/mol. The number of hydrogen-bond donors (Lipinski definition) is 1. The molecule has 0 aliphatic carbocycles. The number of ether oxygens (including phenoxy) is 2. The Bertz CT molecular complexity index is 906. The molecule has 2 aromatic carbocycles. The van der Waals surface area contributed by atoms with Crippen molar-refractivity contribution in [3.05, 3.63) is 65.7 Å². The maximum atomic E-state index is 12.6. The molecule has 0 fully saturated rings. The van der Waals surface area contributed by atoms with Crippen LogP contribution >= 0.6 is 0 Å². The van der Waals surface area contributed by atoms with Crippen molar-refractivity contribution in [2.45, 2.75) is 13.3 Å². The molecule has 0 aromatic heterocycles. The number of para-hydroxylation sites is 2. The molecule has 0 radical (unpaired) electrons. The van der Waals surface area contributed by atoms with E-state index in [1.165, 1.54) is 25.2 Å². The van der Waals surface area contributed by atoms with Crippen LogP contribution in [0, 0.1) is 0 Å². The number of esters is 1. The van der Waals surface area contributed by atoms with E-state index in [1.807, 2.05) is 13.0 Å². The topological polar surface area (TPSA) is 84.9 Å². The zero-order valence-electron chi connectivity index (χ0n) is 17.4. The summed E-state index contributed by atoms with van der Waals surface area (Å²) < 4.78 is 9.89. The summed E-state index contributed by atoms with van der Waals surface area (Å²) in [4.78, 5) is 38.0. The Morgan fingerprint density at radius 2 is 1.73 bits per heavy atom. The van der Waals surface area contributed by atoms with Crippen LogP contribution in [0.5, 0.6) is 5.75 Å². The summed E-state index contributed by atoms with van der Waals surface area (Å²) in [5.41, 5.74) is 1.74. The van der Waals surface area contributed by atoms with Gasteiger partial charge in [-0.05, 0) is 42.3 Å². The van der Waals surface area contributed by atoms with Crippen molar-refractivity contribution in [3.63, 3.8) is 0 Å². The molecule has 7 nitrogen and oxygen atoms in total. The van der Waals surface area contributed by atoms with E-state index in [0.29, 0.717) is 23.5 Å². The van der Waals surface area contributed by atoms with Crippen molar-refractivity contribution < 1.29 is 23.9 Å². The molecule has 0 saturated carbocycles. The molecule has 2 aromatic rings. The highest BCUT2D eigenvalue weighted by Gasteiger charge is 2.15. The summed E-state index contributed by atoms with van der Waals surface area (Å²) in [7, 11) is 2.85. The average Bonchev–Trinajstić information content (AvgIpc) is 2.77. The molecule has 2 rings (SSSR count). The van der Waals surface area contributed by atoms with Crippen LogP contribution in [-0.2, 0) is 14.3 Å². The Morgan fingerprint density at radius 3 is 2.37 bits per heavy atom. The van der Waals surface area contributed by atoms with Gasteiger partial charge in [-0.15, -0.1) is 0 Å². The Balaban J connectivity index is 2.02. The number of anilines is 1. The molecule has 0 atom stereocenters. The van der Waals surface area contributed by atoms with E-state index in [4.69, 9.17) is 4.74 Å². The first-order valence-electron chi connectivity index (χ1n) is 9.56. The van der Waals surface area contributed by atoms with Gasteiger partial charge in [0.15, 0.2) is 0 Å². The Kier molecular flexibility index (Phi) is 8.62. The van der Waals surface area contributed by atoms with Crippen LogP contribution in [0.1, 0.15) is 29.3 Å². The van der Waals surface area contributed by atoms with Gasteiger partial charge in [-0.3, -0.25) is 9.59 Å². The minimum absolute atomic E-state index is 0.0731. The third-order valence-corrected chi connectivity index (χ3v) is 4.27. The molecule has 30 heavy (non-hydrogen) atoms. The minimum atomic E-state index is -0.420. The zero-order chi connectivity index (χ0) is 21.9. The molecule has 0 unspecified atom stereocenters. The number of benzene rings is 2. The number of carbonyl (C=O) groups is 3. The van der Waals surface area contributed by atoms with Crippen molar-refractivity contribution in [1.29, 1.82) is 0 Å². The molecular formula is C23H26N2O5. The first-order chi connectivity index (χ1) is 14.5. The number of nitrogens with zero attached hydrogens (tertiary/aromatic N) is 1. The first-order valence-corrected chi connectivity index (χ1v) is 9.56. The van der Waals surface area contributed by atoms with Gasteiger partial charge in [0.2, 0.25) is 11.8 Å². The van der Waals surface area contributed by atoms with Crippen molar-refractivity contribution in [1.82, 2.24) is 4.90 Å². The lowest BCUT2D eigenvalue weighted by atomic mass is 10.1. The molecule has 1 N–H and O–H groups in total. The highest BCUT2D eigenvalue weighted by molar-refractivity contribution is 5.98. The van der Waals surface area contributed by atoms with E-state index < -0.39 is 5.97 Å². The quantitative estimate of drug-likeness (QED) is 0.506. The second kappa shape index (κ2) is 11.4. The second-order valence-corrected chi connectivity index (χ2v) is 6.46. The van der Waals surface area contributed by atoms with Crippen LogP contribution in [0.2, 0.25) is 0 Å². The molecule has 0 bridgehead atoms. The number of hydrogen-bond acceptors (Lipinski definition) is 5. The van der Waals surface area contributed by atoms with Gasteiger partial charge in [0.1, 0.15) is 12.3 Å². The lowest BCUT2D eigenvalue weighted by Crippen LogP contribution is -2.37. The summed E-state index contributed by atoms with van der Waals surface area (Å²) >= 11 is 0. The van der Waals surface area contributed by atoms with Gasteiger partial charge < -0.3 is 19.7 Å². The minimum Gasteiger partial charge on any atom is -0.495 e. The summed E-state index contributed by atoms with van der Waals surface area (Å²) in [6.45, 7) is 2.31. The van der Waals surface area contributed by atoms with Crippen molar-refractivity contribution in [2.75, 3.05) is 32.6 Å². The third kappa shape index (κ3) is 6.48. The summed E-state index contributed by atoms with van der Waals surface area (Å²) in [5, 5.41) is 2.78. The van der Waals surface area contributed by atoms with E-state index in [0.717, 1.165) is 12.0 Å². The summed E-state index contributed by atoms with van der Waals surface area (Å²) in [6, 6.07) is 13.8. The van der Waals surface area contributed by atoms with Crippen LogP contribution in [0.4, 0.5) is 5.69 Å². The first kappa shape index (κ1) is 22.7. The Labute approximate surface area is 176 Å². The zero-order valence-corrected chi connectivity index (χ0v) is 17.4. The fourth-order valence-electron chi connectivity index (χ4n) is 2.77. The maximum absolute atomic E-state index is 12.6. The molecule has 7 heteroatoms. The van der Waals surface area contributed by atoms with E-state index in [1.54, 1.807) is 48.5 Å². The van der Waals surface area contributed by atoms with Crippen LogP contribution in [0.15, 0.2) is 54.6 Å². The van der Waals surface area contributed by atoms with Crippen LogP contribution in [-0.4, -0.2) is 50.0 Å². The van der Waals surface area contributed by atoms with E-state index in [9.17, 15) is 14.4 Å². The number of carbonyl (C=O) groups excluding carboxylic acids is 3. The third-order valence-electron chi connectivity index (χ3n) is 4.27. The standard InChI is InChI=1S/C23H26N2O5/c1-4-15-25(16-21(26)24-19-7-5-6-8-20(19)29-2)22(27)14-11-17-9-12-18(13-10-17)23(28)30-3/h5-14H,4,15-16H2,1-3H3,(H,24,26)/b14-11+. The highest BCUT2D eigenvalue weighted by atomic mass is 16.5. The molecule has 0 aliphatic rings. The molecule has 0 heterocycles. The SMILES string of the molecule is CCCN(CC(=O)Nc1ccccc1OC)C(=O)/C=C/c1ccc(C(=O)OC)cc1. The molecule has 158 valence electrons. The summed E-state index contributed by atoms with van der Waals surface area (Å²) in [6.07, 6.45) is 3.78. The predicted octanol–water partition coefficient (Wildman–Crippen LogP) is 3.37. The van der Waals surface area contributed by atoms with Gasteiger partial charge in [-0.2, -0.15) is 0 Å². The monoisotopic (exact) mass is 410 g/mol. The smallest absolute Gasteiger partial charge is 0.337 e. The summed E-state index contributed by atoms with van der Waals surface area (Å²) in [5.74, 6) is -0.451. The van der Waals surface area contributed by atoms with Crippen molar-refractivity contribution in [3.8, 4) is 5.75 Å². The van der Waals surface area contributed by atoms with E-state index in [-0.39, 0.29) is 18.4 Å². The van der Waals surface area contributed by atoms with Gasteiger partial charge in [0, 0.05) is 12.6 Å². The van der Waals surface area contributed by atoms with Gasteiger partial charge in [0.05, 0.1) is 25.5 Å². The van der Waals surface area contributed by atoms with Gasteiger partial charge in [0.25, 0.3) is 0 Å². The van der Waals surface area contributed by atoms with Gasteiger partial charge in [-0.1, -0.05) is 31.2 Å². The van der Waals surface area contributed by atoms with E-state index in [2.05, 4.69) is 10.1 Å². The number of rotatable bonds is 9. The lowest BCUT2D eigenvalue weighted by Gasteiger charge is -2.20. The number of nitrogens with one attached hydrogen (secondary N) is 1.